The number of para-hydroxylation sites is 1. The molecule has 5 nitrogen and oxygen atoms in total. The van der Waals surface area contributed by atoms with Gasteiger partial charge in [0.2, 0.25) is 5.91 Å². The van der Waals surface area contributed by atoms with E-state index in [0.29, 0.717) is 29.5 Å². The summed E-state index contributed by atoms with van der Waals surface area (Å²) in [6, 6.07) is 7.45. The van der Waals surface area contributed by atoms with E-state index in [1.807, 2.05) is 29.2 Å². The van der Waals surface area contributed by atoms with Crippen molar-refractivity contribution in [1.29, 1.82) is 0 Å². The van der Waals surface area contributed by atoms with Crippen LogP contribution in [0.4, 0.5) is 5.69 Å². The second-order valence-electron chi connectivity index (χ2n) is 8.31. The Labute approximate surface area is 168 Å². The number of nitrogens with zero attached hydrogens (tertiary/aromatic N) is 1. The standard InChI is InChI=1S/C21H31N3O2.ClH/c1-14-10-15(2)13-24(12-14)21(26)17-7-3-4-9-19(17)23-20(25)11-16-6-5-8-18(16)22;/h3-4,7,9,14-16,18H,5-6,8,10-13,22H2,1-2H3,(H,23,25);1H/t14?,15?,16-,18+;/m0./s1. The van der Waals surface area contributed by atoms with Gasteiger partial charge in [0.15, 0.2) is 0 Å². The minimum Gasteiger partial charge on any atom is -0.338 e. The lowest BCUT2D eigenvalue weighted by Gasteiger charge is -2.35. The van der Waals surface area contributed by atoms with Gasteiger partial charge in [0.05, 0.1) is 11.3 Å². The summed E-state index contributed by atoms with van der Waals surface area (Å²) < 4.78 is 0. The van der Waals surface area contributed by atoms with E-state index in [-0.39, 0.29) is 36.2 Å². The Hall–Kier alpha value is -1.59. The summed E-state index contributed by atoms with van der Waals surface area (Å²) in [5.74, 6) is 1.23. The topological polar surface area (TPSA) is 75.4 Å². The van der Waals surface area contributed by atoms with Crippen molar-refractivity contribution >= 4 is 29.9 Å². The number of halogens is 1. The van der Waals surface area contributed by atoms with Crippen LogP contribution in [0.5, 0.6) is 0 Å². The largest absolute Gasteiger partial charge is 0.338 e. The molecule has 0 spiro atoms. The van der Waals surface area contributed by atoms with Crippen molar-refractivity contribution in [3.63, 3.8) is 0 Å². The smallest absolute Gasteiger partial charge is 0.255 e. The first-order valence-corrected chi connectivity index (χ1v) is 9.87. The SMILES string of the molecule is CC1CC(C)CN(C(=O)c2ccccc2NC(=O)C[C@@H]2CCC[C@H]2N)C1.Cl. The molecule has 6 heteroatoms. The van der Waals surface area contributed by atoms with Gasteiger partial charge in [0.25, 0.3) is 5.91 Å². The van der Waals surface area contributed by atoms with Crippen LogP contribution in [0.3, 0.4) is 0 Å². The van der Waals surface area contributed by atoms with Crippen molar-refractivity contribution < 1.29 is 9.59 Å². The quantitative estimate of drug-likeness (QED) is 0.819. The lowest BCUT2D eigenvalue weighted by molar-refractivity contribution is -0.117. The Kier molecular flexibility index (Phi) is 7.68. The third kappa shape index (κ3) is 5.45. The summed E-state index contributed by atoms with van der Waals surface area (Å²) in [7, 11) is 0. The molecule has 1 aliphatic heterocycles. The number of nitrogens with two attached hydrogens (primary N) is 1. The minimum atomic E-state index is -0.0482. The fraction of sp³-hybridized carbons (Fsp3) is 0.619. The molecule has 2 amide bonds. The first-order chi connectivity index (χ1) is 12.4. The first kappa shape index (κ1) is 21.7. The summed E-state index contributed by atoms with van der Waals surface area (Å²) in [5.41, 5.74) is 7.27. The molecule has 1 aromatic carbocycles. The Morgan fingerprint density at radius 1 is 1.15 bits per heavy atom. The maximum absolute atomic E-state index is 13.0. The van der Waals surface area contributed by atoms with Crippen molar-refractivity contribution in [2.45, 2.75) is 52.0 Å². The normalized spacial score (nSPS) is 27.7. The monoisotopic (exact) mass is 393 g/mol. The summed E-state index contributed by atoms with van der Waals surface area (Å²) in [4.78, 5) is 27.4. The van der Waals surface area contributed by atoms with Crippen molar-refractivity contribution in [3.8, 4) is 0 Å². The lowest BCUT2D eigenvalue weighted by Crippen LogP contribution is -2.42. The zero-order valence-electron chi connectivity index (χ0n) is 16.3. The van der Waals surface area contributed by atoms with Crippen molar-refractivity contribution in [1.82, 2.24) is 4.90 Å². The Morgan fingerprint density at radius 2 is 1.81 bits per heavy atom. The van der Waals surface area contributed by atoms with E-state index in [2.05, 4.69) is 19.2 Å². The fourth-order valence-corrected chi connectivity index (χ4v) is 4.54. The summed E-state index contributed by atoms with van der Waals surface area (Å²) in [6.45, 7) is 5.94. The molecule has 150 valence electrons. The molecule has 2 unspecified atom stereocenters. The second kappa shape index (κ2) is 9.56. The number of hydrogen-bond acceptors (Lipinski definition) is 3. The van der Waals surface area contributed by atoms with E-state index in [0.717, 1.165) is 38.8 Å². The summed E-state index contributed by atoms with van der Waals surface area (Å²) in [6.07, 6.45) is 4.70. The number of piperidine rings is 1. The molecule has 2 fully saturated rings. The number of benzene rings is 1. The number of likely N-dealkylation sites (tertiary alicyclic amines) is 1. The van der Waals surface area contributed by atoms with Crippen LogP contribution in [0.15, 0.2) is 24.3 Å². The van der Waals surface area contributed by atoms with Gasteiger partial charge in [-0.15, -0.1) is 12.4 Å². The zero-order chi connectivity index (χ0) is 18.7. The molecule has 1 aromatic rings. The van der Waals surface area contributed by atoms with Crippen LogP contribution in [0.1, 0.15) is 56.3 Å². The first-order valence-electron chi connectivity index (χ1n) is 9.87. The number of amides is 2. The van der Waals surface area contributed by atoms with E-state index < -0.39 is 0 Å². The van der Waals surface area contributed by atoms with Crippen LogP contribution in [0, 0.1) is 17.8 Å². The predicted molar refractivity (Wildman–Crippen MR) is 111 cm³/mol. The lowest BCUT2D eigenvalue weighted by atomic mass is 9.91. The summed E-state index contributed by atoms with van der Waals surface area (Å²) >= 11 is 0. The van der Waals surface area contributed by atoms with Crippen LogP contribution < -0.4 is 11.1 Å². The number of nitrogens with one attached hydrogen (secondary N) is 1. The third-order valence-electron chi connectivity index (χ3n) is 5.75. The number of rotatable bonds is 4. The van der Waals surface area contributed by atoms with E-state index in [4.69, 9.17) is 5.73 Å². The van der Waals surface area contributed by atoms with Gasteiger partial charge >= 0.3 is 0 Å². The number of carbonyl (C=O) groups excluding carboxylic acids is 2. The number of anilines is 1. The van der Waals surface area contributed by atoms with E-state index in [1.165, 1.54) is 0 Å². The molecule has 1 saturated carbocycles. The van der Waals surface area contributed by atoms with Crippen molar-refractivity contribution in [3.05, 3.63) is 29.8 Å². The third-order valence-corrected chi connectivity index (χ3v) is 5.75. The molecule has 2 aliphatic rings. The fourth-order valence-electron chi connectivity index (χ4n) is 4.54. The van der Waals surface area contributed by atoms with Gasteiger partial charge in [-0.1, -0.05) is 32.4 Å². The van der Waals surface area contributed by atoms with Gasteiger partial charge in [-0.3, -0.25) is 9.59 Å². The average molecular weight is 394 g/mol. The number of hydrogen-bond donors (Lipinski definition) is 2. The highest BCUT2D eigenvalue weighted by Gasteiger charge is 2.29. The maximum atomic E-state index is 13.0. The van der Waals surface area contributed by atoms with Gasteiger partial charge in [0, 0.05) is 25.6 Å². The van der Waals surface area contributed by atoms with Crippen LogP contribution in [-0.2, 0) is 4.79 Å². The molecular formula is C21H32ClN3O2. The molecule has 1 heterocycles. The maximum Gasteiger partial charge on any atom is 0.255 e. The van der Waals surface area contributed by atoms with Crippen molar-refractivity contribution in [2.75, 3.05) is 18.4 Å². The van der Waals surface area contributed by atoms with Crippen molar-refractivity contribution in [2.24, 2.45) is 23.5 Å². The van der Waals surface area contributed by atoms with Gasteiger partial charge in [0.1, 0.15) is 0 Å². The van der Waals surface area contributed by atoms with Gasteiger partial charge in [-0.2, -0.15) is 0 Å². The Balaban J connectivity index is 0.00000261. The van der Waals surface area contributed by atoms with Gasteiger partial charge in [-0.05, 0) is 49.1 Å². The Morgan fingerprint density at radius 3 is 2.44 bits per heavy atom. The van der Waals surface area contributed by atoms with Crippen LogP contribution >= 0.6 is 12.4 Å². The molecule has 3 N–H and O–H groups in total. The highest BCUT2D eigenvalue weighted by molar-refractivity contribution is 6.03. The Bertz CT molecular complexity index is 657. The minimum absolute atomic E-state index is 0. The van der Waals surface area contributed by atoms with Gasteiger partial charge < -0.3 is 16.0 Å². The summed E-state index contributed by atoms with van der Waals surface area (Å²) in [5, 5.41) is 2.96. The van der Waals surface area contributed by atoms with Crippen LogP contribution in [-0.4, -0.2) is 35.8 Å². The molecule has 0 aromatic heterocycles. The molecule has 1 saturated heterocycles. The second-order valence-corrected chi connectivity index (χ2v) is 8.31. The number of carbonyl (C=O) groups is 2. The average Bonchev–Trinajstić information content (AvgIpc) is 2.98. The molecular weight excluding hydrogens is 362 g/mol. The highest BCUT2D eigenvalue weighted by atomic mass is 35.5. The molecule has 3 rings (SSSR count). The van der Waals surface area contributed by atoms with Crippen LogP contribution in [0.2, 0.25) is 0 Å². The molecule has 4 atom stereocenters. The molecule has 27 heavy (non-hydrogen) atoms. The highest BCUT2D eigenvalue weighted by Crippen LogP contribution is 2.28. The van der Waals surface area contributed by atoms with E-state index in [1.54, 1.807) is 0 Å². The predicted octanol–water partition coefficient (Wildman–Crippen LogP) is 3.68. The van der Waals surface area contributed by atoms with E-state index in [9.17, 15) is 9.59 Å². The molecule has 0 radical (unpaired) electrons. The zero-order valence-corrected chi connectivity index (χ0v) is 17.1. The molecule has 1 aliphatic carbocycles. The van der Waals surface area contributed by atoms with Gasteiger partial charge in [-0.25, -0.2) is 0 Å². The van der Waals surface area contributed by atoms with Crippen LogP contribution in [0.25, 0.3) is 0 Å². The van der Waals surface area contributed by atoms with E-state index >= 15 is 0 Å². The molecule has 0 bridgehead atoms.